The highest BCUT2D eigenvalue weighted by molar-refractivity contribution is 6.29. The minimum Gasteiger partial charge on any atom is -0.366 e. The Labute approximate surface area is 133 Å². The SMILES string of the molecule is CC(C)(C)c1nc(Cl)cc(NCc2cccc([N+](=O)[O-])c2)n1. The first-order chi connectivity index (χ1) is 10.3. The topological polar surface area (TPSA) is 81.0 Å². The van der Waals surface area contributed by atoms with Crippen LogP contribution in [-0.4, -0.2) is 14.9 Å². The predicted molar refractivity (Wildman–Crippen MR) is 86.2 cm³/mol. The lowest BCUT2D eigenvalue weighted by atomic mass is 9.96. The Hall–Kier alpha value is -2.21. The number of aromatic nitrogens is 2. The van der Waals surface area contributed by atoms with Crippen LogP contribution < -0.4 is 5.32 Å². The van der Waals surface area contributed by atoms with E-state index in [4.69, 9.17) is 11.6 Å². The molecule has 7 heteroatoms. The average Bonchev–Trinajstić information content (AvgIpc) is 2.44. The smallest absolute Gasteiger partial charge is 0.269 e. The molecule has 0 saturated carbocycles. The van der Waals surface area contributed by atoms with Crippen molar-refractivity contribution in [1.29, 1.82) is 0 Å². The first-order valence-corrected chi connectivity index (χ1v) is 7.16. The number of benzene rings is 1. The average molecular weight is 321 g/mol. The fourth-order valence-corrected chi connectivity index (χ4v) is 2.00. The molecule has 0 saturated heterocycles. The van der Waals surface area contributed by atoms with Gasteiger partial charge >= 0.3 is 0 Å². The monoisotopic (exact) mass is 320 g/mol. The lowest BCUT2D eigenvalue weighted by Gasteiger charge is -2.17. The first-order valence-electron chi connectivity index (χ1n) is 6.78. The summed E-state index contributed by atoms with van der Waals surface area (Å²) in [6.07, 6.45) is 0. The number of non-ortho nitro benzene ring substituents is 1. The summed E-state index contributed by atoms with van der Waals surface area (Å²) in [5.41, 5.74) is 0.643. The van der Waals surface area contributed by atoms with Crippen LogP contribution in [-0.2, 0) is 12.0 Å². The Balaban J connectivity index is 2.16. The summed E-state index contributed by atoms with van der Waals surface area (Å²) >= 11 is 6.02. The van der Waals surface area contributed by atoms with Crippen LogP contribution in [0.1, 0.15) is 32.2 Å². The minimum absolute atomic E-state index is 0.0652. The molecule has 0 bridgehead atoms. The van der Waals surface area contributed by atoms with Gasteiger partial charge in [-0.2, -0.15) is 0 Å². The maximum absolute atomic E-state index is 10.8. The molecule has 0 amide bonds. The number of nitro benzene ring substituents is 1. The van der Waals surface area contributed by atoms with Crippen LogP contribution >= 0.6 is 11.6 Å². The van der Waals surface area contributed by atoms with Crippen LogP contribution in [0, 0.1) is 10.1 Å². The van der Waals surface area contributed by atoms with Gasteiger partial charge in [0.15, 0.2) is 0 Å². The molecule has 2 aromatic rings. The van der Waals surface area contributed by atoms with Crippen molar-refractivity contribution in [2.75, 3.05) is 5.32 Å². The summed E-state index contributed by atoms with van der Waals surface area (Å²) in [4.78, 5) is 19.0. The van der Waals surface area contributed by atoms with Crippen molar-refractivity contribution < 1.29 is 4.92 Å². The summed E-state index contributed by atoms with van der Waals surface area (Å²) in [6.45, 7) is 6.42. The zero-order chi connectivity index (χ0) is 16.3. The Morgan fingerprint density at radius 2 is 2.00 bits per heavy atom. The van der Waals surface area contributed by atoms with Crippen molar-refractivity contribution in [3.63, 3.8) is 0 Å². The summed E-state index contributed by atoms with van der Waals surface area (Å²) in [7, 11) is 0. The van der Waals surface area contributed by atoms with Gasteiger partial charge < -0.3 is 5.32 Å². The fourth-order valence-electron chi connectivity index (χ4n) is 1.82. The summed E-state index contributed by atoms with van der Waals surface area (Å²) < 4.78 is 0. The third-order valence-corrected chi connectivity index (χ3v) is 3.15. The van der Waals surface area contributed by atoms with Gasteiger partial charge in [0.1, 0.15) is 16.8 Å². The fraction of sp³-hybridized carbons (Fsp3) is 0.333. The summed E-state index contributed by atoms with van der Waals surface area (Å²) in [5, 5.41) is 14.3. The van der Waals surface area contributed by atoms with E-state index in [2.05, 4.69) is 15.3 Å². The third-order valence-electron chi connectivity index (χ3n) is 2.96. The number of hydrogen-bond acceptors (Lipinski definition) is 5. The molecule has 1 heterocycles. The van der Waals surface area contributed by atoms with Gasteiger partial charge in [-0.15, -0.1) is 0 Å². The number of hydrogen-bond donors (Lipinski definition) is 1. The van der Waals surface area contributed by atoms with Gasteiger partial charge in [-0.05, 0) is 5.56 Å². The van der Waals surface area contributed by atoms with Crippen LogP contribution in [0.15, 0.2) is 30.3 Å². The highest BCUT2D eigenvalue weighted by Gasteiger charge is 2.18. The van der Waals surface area contributed by atoms with Crippen molar-refractivity contribution in [2.24, 2.45) is 0 Å². The molecule has 0 atom stereocenters. The van der Waals surface area contributed by atoms with Crippen LogP contribution in [0.4, 0.5) is 11.5 Å². The van der Waals surface area contributed by atoms with E-state index < -0.39 is 4.92 Å². The number of halogens is 1. The lowest BCUT2D eigenvalue weighted by Crippen LogP contribution is -2.17. The molecule has 0 fully saturated rings. The van der Waals surface area contributed by atoms with Gasteiger partial charge in [-0.3, -0.25) is 10.1 Å². The van der Waals surface area contributed by atoms with E-state index >= 15 is 0 Å². The largest absolute Gasteiger partial charge is 0.366 e. The zero-order valence-electron chi connectivity index (χ0n) is 12.6. The maximum Gasteiger partial charge on any atom is 0.269 e. The number of nitro groups is 1. The second kappa shape index (κ2) is 6.27. The molecule has 22 heavy (non-hydrogen) atoms. The molecule has 1 N–H and O–H groups in total. The van der Waals surface area contributed by atoms with E-state index in [1.807, 2.05) is 26.8 Å². The quantitative estimate of drug-likeness (QED) is 0.524. The maximum atomic E-state index is 10.8. The Bertz CT molecular complexity index is 698. The second-order valence-corrected chi connectivity index (χ2v) is 6.32. The number of rotatable bonds is 4. The molecular weight excluding hydrogens is 304 g/mol. The molecule has 0 aliphatic carbocycles. The van der Waals surface area contributed by atoms with Gasteiger partial charge in [-0.25, -0.2) is 9.97 Å². The first kappa shape index (κ1) is 16.2. The molecule has 0 unspecified atom stereocenters. The second-order valence-electron chi connectivity index (χ2n) is 5.93. The molecule has 0 aliphatic heterocycles. The third kappa shape index (κ3) is 4.14. The van der Waals surface area contributed by atoms with Gasteiger partial charge in [0.25, 0.3) is 5.69 Å². The normalized spacial score (nSPS) is 11.3. The van der Waals surface area contributed by atoms with E-state index in [9.17, 15) is 10.1 Å². The minimum atomic E-state index is -0.414. The van der Waals surface area contributed by atoms with Crippen molar-refractivity contribution in [2.45, 2.75) is 32.7 Å². The molecule has 1 aromatic heterocycles. The molecule has 0 spiro atoms. The van der Waals surface area contributed by atoms with Gasteiger partial charge in [0.2, 0.25) is 0 Å². The van der Waals surface area contributed by atoms with Crippen molar-refractivity contribution >= 4 is 23.1 Å². The van der Waals surface area contributed by atoms with Crippen LogP contribution in [0.3, 0.4) is 0 Å². The Morgan fingerprint density at radius 3 is 2.64 bits per heavy atom. The Morgan fingerprint density at radius 1 is 1.27 bits per heavy atom. The van der Waals surface area contributed by atoms with E-state index in [0.717, 1.165) is 5.56 Å². The number of nitrogens with zero attached hydrogens (tertiary/aromatic N) is 3. The molecule has 116 valence electrons. The molecule has 2 rings (SSSR count). The predicted octanol–water partition coefficient (Wildman–Crippen LogP) is 3.95. The molecular formula is C15H17ClN4O2. The van der Waals surface area contributed by atoms with Crippen molar-refractivity contribution in [1.82, 2.24) is 9.97 Å². The standard InChI is InChI=1S/C15H17ClN4O2/c1-15(2,3)14-18-12(16)8-13(19-14)17-9-10-5-4-6-11(7-10)20(21)22/h4-8H,9H2,1-3H3,(H,17,18,19). The highest BCUT2D eigenvalue weighted by atomic mass is 35.5. The number of nitrogens with one attached hydrogen (secondary N) is 1. The van der Waals surface area contributed by atoms with Crippen LogP contribution in [0.5, 0.6) is 0 Å². The van der Waals surface area contributed by atoms with E-state index in [0.29, 0.717) is 23.3 Å². The van der Waals surface area contributed by atoms with Crippen molar-refractivity contribution in [3.8, 4) is 0 Å². The summed E-state index contributed by atoms with van der Waals surface area (Å²) in [6, 6.07) is 8.09. The molecule has 0 radical (unpaired) electrons. The number of anilines is 1. The van der Waals surface area contributed by atoms with E-state index in [-0.39, 0.29) is 11.1 Å². The van der Waals surface area contributed by atoms with E-state index in [1.54, 1.807) is 12.1 Å². The van der Waals surface area contributed by atoms with Gasteiger partial charge in [0, 0.05) is 30.2 Å². The van der Waals surface area contributed by atoms with Crippen LogP contribution in [0.2, 0.25) is 5.15 Å². The molecule has 1 aromatic carbocycles. The van der Waals surface area contributed by atoms with Gasteiger partial charge in [0.05, 0.1) is 4.92 Å². The molecule has 0 aliphatic rings. The molecule has 6 nitrogen and oxygen atoms in total. The zero-order valence-corrected chi connectivity index (χ0v) is 13.4. The van der Waals surface area contributed by atoms with E-state index in [1.165, 1.54) is 12.1 Å². The summed E-state index contributed by atoms with van der Waals surface area (Å²) in [5.74, 6) is 1.23. The van der Waals surface area contributed by atoms with Gasteiger partial charge in [-0.1, -0.05) is 44.5 Å². The van der Waals surface area contributed by atoms with Crippen molar-refractivity contribution in [3.05, 3.63) is 57.0 Å². The Kier molecular flexibility index (Phi) is 4.61. The van der Waals surface area contributed by atoms with Crippen LogP contribution in [0.25, 0.3) is 0 Å². The highest BCUT2D eigenvalue weighted by Crippen LogP contribution is 2.22. The lowest BCUT2D eigenvalue weighted by molar-refractivity contribution is -0.384.